The van der Waals surface area contributed by atoms with Crippen LogP contribution in [0.4, 0.5) is 0 Å². The molecule has 0 bridgehead atoms. The molecule has 0 radical (unpaired) electrons. The van der Waals surface area contributed by atoms with Gasteiger partial charge < -0.3 is 5.32 Å². The van der Waals surface area contributed by atoms with E-state index in [1.54, 1.807) is 6.33 Å². The molecule has 1 aliphatic carbocycles. The summed E-state index contributed by atoms with van der Waals surface area (Å²) in [5, 5.41) is 17.0. The van der Waals surface area contributed by atoms with Gasteiger partial charge in [-0.25, -0.2) is 9.67 Å². The summed E-state index contributed by atoms with van der Waals surface area (Å²) in [6.07, 6.45) is 4.86. The molecule has 142 valence electrons. The van der Waals surface area contributed by atoms with Gasteiger partial charge in [0.15, 0.2) is 5.82 Å². The Morgan fingerprint density at radius 1 is 1.30 bits per heavy atom. The average molecular weight is 365 g/mol. The molecular weight excluding hydrogens is 338 g/mol. The highest BCUT2D eigenvalue weighted by Crippen LogP contribution is 2.41. The molecule has 1 aromatic carbocycles. The van der Waals surface area contributed by atoms with Gasteiger partial charge in [-0.15, -0.1) is 0 Å². The Hall–Kier alpha value is -2.68. The molecule has 3 rings (SSSR count). The van der Waals surface area contributed by atoms with E-state index in [4.69, 9.17) is 0 Å². The summed E-state index contributed by atoms with van der Waals surface area (Å²) in [5.41, 5.74) is 0.382. The summed E-state index contributed by atoms with van der Waals surface area (Å²) in [6.45, 7) is 6.78. The molecule has 0 aliphatic heterocycles. The maximum absolute atomic E-state index is 12.5. The maximum Gasteiger partial charge on any atom is 0.243 e. The van der Waals surface area contributed by atoms with Gasteiger partial charge in [0.05, 0.1) is 6.07 Å². The first-order valence-corrected chi connectivity index (χ1v) is 9.48. The molecule has 0 spiro atoms. The molecule has 1 aliphatic rings. The molecular formula is C21H27N5O. The molecule has 1 fully saturated rings. The first-order chi connectivity index (χ1) is 12.8. The number of nitrogens with one attached hydrogen (secondary N) is 1. The normalized spacial score (nSPS) is 22.8. The van der Waals surface area contributed by atoms with Crippen molar-refractivity contribution >= 4 is 5.91 Å². The molecule has 6 nitrogen and oxygen atoms in total. The van der Waals surface area contributed by atoms with Crippen molar-refractivity contribution in [3.8, 4) is 17.5 Å². The van der Waals surface area contributed by atoms with Crippen LogP contribution in [-0.4, -0.2) is 26.2 Å². The van der Waals surface area contributed by atoms with Crippen molar-refractivity contribution in [2.45, 2.75) is 58.5 Å². The number of rotatable bonds is 4. The predicted molar refractivity (Wildman–Crippen MR) is 103 cm³/mol. The molecule has 1 saturated carbocycles. The van der Waals surface area contributed by atoms with Crippen LogP contribution in [0.3, 0.4) is 0 Å². The maximum atomic E-state index is 12.5. The fourth-order valence-corrected chi connectivity index (χ4v) is 3.79. The van der Waals surface area contributed by atoms with E-state index in [0.29, 0.717) is 24.6 Å². The van der Waals surface area contributed by atoms with E-state index in [9.17, 15) is 10.1 Å². The van der Waals surface area contributed by atoms with Crippen LogP contribution in [0.15, 0.2) is 36.7 Å². The van der Waals surface area contributed by atoms with Gasteiger partial charge in [-0.3, -0.25) is 4.79 Å². The van der Waals surface area contributed by atoms with Crippen LogP contribution in [0, 0.1) is 22.7 Å². The topological polar surface area (TPSA) is 83.6 Å². The number of hydrogen-bond acceptors (Lipinski definition) is 4. The van der Waals surface area contributed by atoms with Crippen LogP contribution >= 0.6 is 0 Å². The van der Waals surface area contributed by atoms with Crippen molar-refractivity contribution < 1.29 is 4.79 Å². The van der Waals surface area contributed by atoms with Crippen LogP contribution in [0.1, 0.15) is 46.5 Å². The lowest BCUT2D eigenvalue weighted by molar-refractivity contribution is -0.123. The summed E-state index contributed by atoms with van der Waals surface area (Å²) in [6, 6.07) is 12.0. The zero-order valence-corrected chi connectivity index (χ0v) is 16.3. The van der Waals surface area contributed by atoms with Crippen LogP contribution in [-0.2, 0) is 11.3 Å². The Labute approximate surface area is 160 Å². The predicted octanol–water partition coefficient (Wildman–Crippen LogP) is 3.56. The molecule has 1 amide bonds. The number of nitriles is 1. The van der Waals surface area contributed by atoms with Gasteiger partial charge in [0.25, 0.3) is 0 Å². The summed E-state index contributed by atoms with van der Waals surface area (Å²) in [4.78, 5) is 16.8. The Morgan fingerprint density at radius 3 is 2.56 bits per heavy atom. The monoisotopic (exact) mass is 365 g/mol. The fraction of sp³-hybridized carbons (Fsp3) is 0.524. The fourth-order valence-electron chi connectivity index (χ4n) is 3.79. The highest BCUT2D eigenvalue weighted by atomic mass is 16.2. The minimum atomic E-state index is -0.762. The number of carbonyl (C=O) groups is 1. The van der Waals surface area contributed by atoms with Gasteiger partial charge >= 0.3 is 0 Å². The Kier molecular flexibility index (Phi) is 5.31. The number of benzene rings is 1. The average Bonchev–Trinajstić information content (AvgIpc) is 3.10. The second kappa shape index (κ2) is 7.51. The number of hydrogen-bond donors (Lipinski definition) is 1. The SMILES string of the molecule is CC(C)(C)C1CCC(C#N)(NC(=O)Cn2cnc(-c3ccccc3)n2)CC1. The zero-order chi connectivity index (χ0) is 19.5. The minimum absolute atomic E-state index is 0.0615. The van der Waals surface area contributed by atoms with E-state index >= 15 is 0 Å². The van der Waals surface area contributed by atoms with Gasteiger partial charge in [-0.1, -0.05) is 51.1 Å². The molecule has 0 saturated heterocycles. The Morgan fingerprint density at radius 2 is 1.96 bits per heavy atom. The number of aromatic nitrogens is 3. The summed E-state index contributed by atoms with van der Waals surface area (Å²) in [5.74, 6) is 0.971. The number of amides is 1. The van der Waals surface area contributed by atoms with Gasteiger partial charge in [-0.2, -0.15) is 10.4 Å². The van der Waals surface area contributed by atoms with Gasteiger partial charge in [0.2, 0.25) is 5.91 Å². The second-order valence-electron chi connectivity index (χ2n) is 8.51. The largest absolute Gasteiger partial charge is 0.336 e. The van der Waals surface area contributed by atoms with Crippen molar-refractivity contribution in [3.05, 3.63) is 36.7 Å². The molecule has 1 N–H and O–H groups in total. The van der Waals surface area contributed by atoms with Crippen LogP contribution in [0.2, 0.25) is 0 Å². The van der Waals surface area contributed by atoms with Crippen molar-refractivity contribution in [2.24, 2.45) is 11.3 Å². The van der Waals surface area contributed by atoms with E-state index < -0.39 is 5.54 Å². The molecule has 27 heavy (non-hydrogen) atoms. The molecule has 0 atom stereocenters. The standard InChI is InChI=1S/C21H27N5O/c1-20(2,3)17-9-11-21(14-22,12-10-17)24-18(27)13-26-15-23-19(25-26)16-7-5-4-6-8-16/h4-8,15,17H,9-13H2,1-3H3,(H,24,27). The van der Waals surface area contributed by atoms with E-state index in [2.05, 4.69) is 42.2 Å². The molecule has 6 heteroatoms. The Balaban J connectivity index is 1.60. The molecule has 0 unspecified atom stereocenters. The van der Waals surface area contributed by atoms with E-state index in [1.807, 2.05) is 30.3 Å². The smallest absolute Gasteiger partial charge is 0.243 e. The lowest BCUT2D eigenvalue weighted by Crippen LogP contribution is -2.51. The van der Waals surface area contributed by atoms with E-state index in [0.717, 1.165) is 18.4 Å². The third kappa shape index (κ3) is 4.54. The molecule has 2 aromatic rings. The van der Waals surface area contributed by atoms with Gasteiger partial charge in [0, 0.05) is 5.56 Å². The van der Waals surface area contributed by atoms with E-state index in [-0.39, 0.29) is 17.9 Å². The quantitative estimate of drug-likeness (QED) is 0.898. The summed E-state index contributed by atoms with van der Waals surface area (Å²) < 4.78 is 1.52. The summed E-state index contributed by atoms with van der Waals surface area (Å²) >= 11 is 0. The first-order valence-electron chi connectivity index (χ1n) is 9.48. The van der Waals surface area contributed by atoms with Crippen LogP contribution < -0.4 is 5.32 Å². The van der Waals surface area contributed by atoms with Crippen molar-refractivity contribution in [2.75, 3.05) is 0 Å². The molecule has 1 heterocycles. The van der Waals surface area contributed by atoms with Crippen LogP contribution in [0.25, 0.3) is 11.4 Å². The summed E-state index contributed by atoms with van der Waals surface area (Å²) in [7, 11) is 0. The zero-order valence-electron chi connectivity index (χ0n) is 16.3. The van der Waals surface area contributed by atoms with Crippen molar-refractivity contribution in [1.82, 2.24) is 20.1 Å². The van der Waals surface area contributed by atoms with Gasteiger partial charge in [-0.05, 0) is 37.0 Å². The third-order valence-corrected chi connectivity index (χ3v) is 5.53. The van der Waals surface area contributed by atoms with Crippen molar-refractivity contribution in [3.63, 3.8) is 0 Å². The highest BCUT2D eigenvalue weighted by molar-refractivity contribution is 5.77. The molecule has 1 aromatic heterocycles. The Bertz CT molecular complexity index is 820. The highest BCUT2D eigenvalue weighted by Gasteiger charge is 2.40. The minimum Gasteiger partial charge on any atom is -0.336 e. The number of nitrogens with zero attached hydrogens (tertiary/aromatic N) is 4. The van der Waals surface area contributed by atoms with E-state index in [1.165, 1.54) is 4.68 Å². The second-order valence-corrected chi connectivity index (χ2v) is 8.51. The third-order valence-electron chi connectivity index (χ3n) is 5.53. The number of carbonyl (C=O) groups excluding carboxylic acids is 1. The van der Waals surface area contributed by atoms with Crippen molar-refractivity contribution in [1.29, 1.82) is 5.26 Å². The first kappa shape index (κ1) is 19.1. The lowest BCUT2D eigenvalue weighted by atomic mass is 9.67. The lowest BCUT2D eigenvalue weighted by Gasteiger charge is -2.40. The van der Waals surface area contributed by atoms with Gasteiger partial charge in [0.1, 0.15) is 18.4 Å². The van der Waals surface area contributed by atoms with Crippen LogP contribution in [0.5, 0.6) is 0 Å².